The highest BCUT2D eigenvalue weighted by molar-refractivity contribution is 8.03. The summed E-state index contributed by atoms with van der Waals surface area (Å²) in [7, 11) is 0. The van der Waals surface area contributed by atoms with Gasteiger partial charge >= 0.3 is 0 Å². The van der Waals surface area contributed by atoms with Gasteiger partial charge in [-0.25, -0.2) is 4.31 Å². The molecule has 1 aliphatic rings. The molecule has 1 aliphatic heterocycles. The number of alkyl halides is 3. The average Bonchev–Trinajstić information content (AvgIpc) is 2.20. The molecule has 0 spiro atoms. The SMILES string of the molecule is CC1C(=O)N(SC(Cl)(Cl)Cl)C(=O)C1C. The van der Waals surface area contributed by atoms with E-state index >= 15 is 0 Å². The van der Waals surface area contributed by atoms with Crippen LogP contribution in [0, 0.1) is 11.8 Å². The van der Waals surface area contributed by atoms with Crippen LogP contribution in [0.4, 0.5) is 0 Å². The van der Waals surface area contributed by atoms with Crippen LogP contribution < -0.4 is 0 Å². The third-order valence-corrected chi connectivity index (χ3v) is 3.49. The lowest BCUT2D eigenvalue weighted by atomic mass is 10.00. The molecule has 0 radical (unpaired) electrons. The van der Waals surface area contributed by atoms with Crippen molar-refractivity contribution in [2.75, 3.05) is 0 Å². The van der Waals surface area contributed by atoms with Gasteiger partial charge in [0.1, 0.15) is 0 Å². The minimum Gasteiger partial charge on any atom is -0.273 e. The number of halogens is 3. The molecule has 1 saturated heterocycles. The van der Waals surface area contributed by atoms with Gasteiger partial charge in [-0.1, -0.05) is 48.7 Å². The molecule has 0 aliphatic carbocycles. The van der Waals surface area contributed by atoms with E-state index in [1.807, 2.05) is 0 Å². The minimum absolute atomic E-state index is 0.307. The molecule has 1 heterocycles. The number of rotatable bonds is 1. The van der Waals surface area contributed by atoms with E-state index in [1.54, 1.807) is 13.8 Å². The van der Waals surface area contributed by atoms with Gasteiger partial charge in [0, 0.05) is 23.8 Å². The second kappa shape index (κ2) is 4.08. The molecule has 0 N–H and O–H groups in total. The molecule has 80 valence electrons. The van der Waals surface area contributed by atoms with Gasteiger partial charge in [0.05, 0.1) is 0 Å². The Kier molecular flexibility index (Phi) is 3.62. The van der Waals surface area contributed by atoms with Crippen molar-refractivity contribution in [2.24, 2.45) is 11.8 Å². The van der Waals surface area contributed by atoms with Gasteiger partial charge < -0.3 is 0 Å². The van der Waals surface area contributed by atoms with E-state index in [0.29, 0.717) is 11.9 Å². The van der Waals surface area contributed by atoms with Crippen LogP contribution in [0.3, 0.4) is 0 Å². The molecule has 2 unspecified atom stereocenters. The smallest absolute Gasteiger partial charge is 0.256 e. The number of carbonyl (C=O) groups excluding carboxylic acids is 2. The van der Waals surface area contributed by atoms with Gasteiger partial charge in [-0.15, -0.1) is 0 Å². The van der Waals surface area contributed by atoms with Crippen LogP contribution in [0.1, 0.15) is 13.8 Å². The summed E-state index contributed by atoms with van der Waals surface area (Å²) in [6.45, 7) is 3.37. The second-order valence-corrected chi connectivity index (χ2v) is 7.20. The second-order valence-electron chi connectivity index (χ2n) is 3.09. The van der Waals surface area contributed by atoms with Crippen molar-refractivity contribution in [3.8, 4) is 0 Å². The normalized spacial score (nSPS) is 28.8. The van der Waals surface area contributed by atoms with Crippen molar-refractivity contribution in [3.05, 3.63) is 0 Å². The molecule has 0 aromatic heterocycles. The van der Waals surface area contributed by atoms with Crippen molar-refractivity contribution in [1.29, 1.82) is 0 Å². The first-order chi connectivity index (χ1) is 6.24. The van der Waals surface area contributed by atoms with Crippen LogP contribution in [-0.2, 0) is 9.59 Å². The predicted molar refractivity (Wildman–Crippen MR) is 58.1 cm³/mol. The molecule has 3 nitrogen and oxygen atoms in total. The molecule has 14 heavy (non-hydrogen) atoms. The average molecular weight is 277 g/mol. The number of hydrogen-bond donors (Lipinski definition) is 0. The third kappa shape index (κ3) is 2.48. The molecule has 2 atom stereocenters. The summed E-state index contributed by atoms with van der Waals surface area (Å²) in [5, 5.41) is 0. The summed E-state index contributed by atoms with van der Waals surface area (Å²) in [4.78, 5) is 23.0. The van der Waals surface area contributed by atoms with E-state index in [-0.39, 0.29) is 23.7 Å². The molecule has 0 aromatic carbocycles. The lowest BCUT2D eigenvalue weighted by Crippen LogP contribution is -2.26. The standard InChI is InChI=1S/C7H8Cl3NO2S/c1-3-4(2)6(13)11(5(3)12)14-7(8,9)10/h3-4H,1-2H3. The summed E-state index contributed by atoms with van der Waals surface area (Å²) in [6, 6.07) is 0. The van der Waals surface area contributed by atoms with Gasteiger partial charge in [0.2, 0.25) is 11.8 Å². The summed E-state index contributed by atoms with van der Waals surface area (Å²) in [5.74, 6) is -1.30. The number of nitrogens with zero attached hydrogens (tertiary/aromatic N) is 1. The summed E-state index contributed by atoms with van der Waals surface area (Å²) in [6.07, 6.45) is 0. The van der Waals surface area contributed by atoms with Crippen LogP contribution in [0.25, 0.3) is 0 Å². The maximum absolute atomic E-state index is 11.5. The zero-order valence-electron chi connectivity index (χ0n) is 7.46. The van der Waals surface area contributed by atoms with Crippen molar-refractivity contribution in [1.82, 2.24) is 4.31 Å². The largest absolute Gasteiger partial charge is 0.273 e. The lowest BCUT2D eigenvalue weighted by molar-refractivity contribution is -0.133. The van der Waals surface area contributed by atoms with E-state index < -0.39 is 3.12 Å². The lowest BCUT2D eigenvalue weighted by Gasteiger charge is -2.17. The predicted octanol–water partition coefficient (Wildman–Crippen LogP) is 2.60. The fraction of sp³-hybridized carbons (Fsp3) is 0.714. The highest BCUT2D eigenvalue weighted by Crippen LogP contribution is 2.44. The Morgan fingerprint density at radius 3 is 1.79 bits per heavy atom. The number of hydrogen-bond acceptors (Lipinski definition) is 3. The van der Waals surface area contributed by atoms with Crippen LogP contribution in [-0.4, -0.2) is 19.2 Å². The van der Waals surface area contributed by atoms with Crippen molar-refractivity contribution in [2.45, 2.75) is 17.0 Å². The van der Waals surface area contributed by atoms with E-state index in [0.717, 1.165) is 4.31 Å². The molecular formula is C7H8Cl3NO2S. The van der Waals surface area contributed by atoms with Crippen molar-refractivity contribution >= 4 is 58.6 Å². The summed E-state index contributed by atoms with van der Waals surface area (Å²) < 4.78 is -0.753. The Labute approximate surface area is 101 Å². The Hall–Kier alpha value is 0.360. The van der Waals surface area contributed by atoms with Gasteiger partial charge in [0.25, 0.3) is 3.12 Å². The topological polar surface area (TPSA) is 37.4 Å². The fourth-order valence-electron chi connectivity index (χ4n) is 1.10. The molecule has 0 aromatic rings. The highest BCUT2D eigenvalue weighted by atomic mass is 35.6. The van der Waals surface area contributed by atoms with E-state index in [1.165, 1.54) is 0 Å². The number of imide groups is 1. The quantitative estimate of drug-likeness (QED) is 0.420. The van der Waals surface area contributed by atoms with Crippen molar-refractivity contribution < 1.29 is 9.59 Å². The first-order valence-electron chi connectivity index (χ1n) is 3.87. The Bertz CT molecular complexity index is 259. The van der Waals surface area contributed by atoms with Gasteiger partial charge in [-0.05, 0) is 0 Å². The first-order valence-corrected chi connectivity index (χ1v) is 5.78. The molecule has 1 rings (SSSR count). The van der Waals surface area contributed by atoms with E-state index in [4.69, 9.17) is 34.8 Å². The molecule has 0 saturated carbocycles. The Balaban J connectivity index is 2.81. The molecule has 7 heteroatoms. The van der Waals surface area contributed by atoms with Crippen LogP contribution >= 0.6 is 46.8 Å². The van der Waals surface area contributed by atoms with Crippen LogP contribution in [0.2, 0.25) is 0 Å². The van der Waals surface area contributed by atoms with Gasteiger partial charge in [0.15, 0.2) is 0 Å². The fourth-order valence-corrected chi connectivity index (χ4v) is 2.44. The molecule has 0 bridgehead atoms. The minimum atomic E-state index is -1.69. The van der Waals surface area contributed by atoms with Gasteiger partial charge in [-0.2, -0.15) is 0 Å². The monoisotopic (exact) mass is 275 g/mol. The van der Waals surface area contributed by atoms with E-state index in [9.17, 15) is 9.59 Å². The van der Waals surface area contributed by atoms with Crippen LogP contribution in [0.15, 0.2) is 0 Å². The zero-order chi connectivity index (χ0) is 11.1. The molecular weight excluding hydrogens is 269 g/mol. The summed E-state index contributed by atoms with van der Waals surface area (Å²) in [5.41, 5.74) is 0. The number of amides is 2. The maximum Gasteiger partial charge on any atom is 0.256 e. The Morgan fingerprint density at radius 2 is 1.50 bits per heavy atom. The molecule has 2 amide bonds. The Morgan fingerprint density at radius 1 is 1.14 bits per heavy atom. The summed E-state index contributed by atoms with van der Waals surface area (Å²) >= 11 is 17.1. The van der Waals surface area contributed by atoms with E-state index in [2.05, 4.69) is 0 Å². The maximum atomic E-state index is 11.5. The number of carbonyl (C=O) groups is 2. The molecule has 1 fully saturated rings. The van der Waals surface area contributed by atoms with Gasteiger partial charge in [-0.3, -0.25) is 9.59 Å². The van der Waals surface area contributed by atoms with Crippen molar-refractivity contribution in [3.63, 3.8) is 0 Å². The first kappa shape index (κ1) is 12.4. The van der Waals surface area contributed by atoms with Crippen LogP contribution in [0.5, 0.6) is 0 Å². The third-order valence-electron chi connectivity index (χ3n) is 2.12. The highest BCUT2D eigenvalue weighted by Gasteiger charge is 2.45. The zero-order valence-corrected chi connectivity index (χ0v) is 10.5.